The number of benzene rings is 2. The van der Waals surface area contributed by atoms with Crippen LogP contribution in [0.1, 0.15) is 66.9 Å². The summed E-state index contributed by atoms with van der Waals surface area (Å²) in [6.07, 6.45) is 0.164. The van der Waals surface area contributed by atoms with E-state index in [1.165, 1.54) is 30.5 Å². The van der Waals surface area contributed by atoms with Gasteiger partial charge in [0.1, 0.15) is 5.75 Å². The number of carbonyl (C=O) groups is 1. The van der Waals surface area contributed by atoms with Gasteiger partial charge >= 0.3 is 6.18 Å². The number of alkyl halides is 3. The molecule has 1 aliphatic rings. The number of unbranched alkanes of at least 4 members (excludes halogenated alkanes) is 2. The summed E-state index contributed by atoms with van der Waals surface area (Å²) in [7, 11) is 0. The van der Waals surface area contributed by atoms with Crippen molar-refractivity contribution < 1.29 is 22.7 Å². The van der Waals surface area contributed by atoms with Crippen LogP contribution in [0, 0.1) is 5.92 Å². The van der Waals surface area contributed by atoms with Crippen molar-refractivity contribution in [3.8, 4) is 5.75 Å². The Balaban J connectivity index is 1.70. The first kappa shape index (κ1) is 26.1. The lowest BCUT2D eigenvalue weighted by Gasteiger charge is -2.39. The average Bonchev–Trinajstić information content (AvgIpc) is 2.83. The molecular weight excluding hydrogens is 441 g/mol. The minimum atomic E-state index is -4.35. The lowest BCUT2D eigenvalue weighted by Crippen LogP contribution is -2.42. The second kappa shape index (κ2) is 12.2. The molecule has 0 saturated carbocycles. The predicted molar refractivity (Wildman–Crippen MR) is 128 cm³/mol. The monoisotopic (exact) mass is 476 g/mol. The van der Waals surface area contributed by atoms with E-state index in [0.29, 0.717) is 24.5 Å². The molecule has 1 amide bonds. The number of rotatable bonds is 10. The Bertz CT molecular complexity index is 898. The normalized spacial score (nSPS) is 19.1. The molecule has 2 aromatic carbocycles. The molecule has 0 aromatic heterocycles. The molecule has 3 rings (SSSR count). The van der Waals surface area contributed by atoms with Crippen LogP contribution in [0.2, 0.25) is 0 Å². The van der Waals surface area contributed by atoms with Gasteiger partial charge in [-0.2, -0.15) is 13.2 Å². The summed E-state index contributed by atoms with van der Waals surface area (Å²) in [6, 6.07) is 12.7. The molecule has 2 atom stereocenters. The smallest absolute Gasteiger partial charge is 0.416 e. The predicted octanol–water partition coefficient (Wildman–Crippen LogP) is 6.13. The summed E-state index contributed by atoms with van der Waals surface area (Å²) < 4.78 is 44.5. The summed E-state index contributed by atoms with van der Waals surface area (Å²) in [6.45, 7) is 8.03. The molecule has 0 unspecified atom stereocenters. The third-order valence-electron chi connectivity index (χ3n) is 6.48. The van der Waals surface area contributed by atoms with E-state index in [4.69, 9.17) is 4.74 Å². The Morgan fingerprint density at radius 2 is 1.76 bits per heavy atom. The van der Waals surface area contributed by atoms with Crippen molar-refractivity contribution in [1.82, 2.24) is 10.2 Å². The maximum atomic E-state index is 12.9. The van der Waals surface area contributed by atoms with Crippen LogP contribution in [0.25, 0.3) is 0 Å². The first-order valence-corrected chi connectivity index (χ1v) is 12.2. The van der Waals surface area contributed by atoms with Gasteiger partial charge in [0.25, 0.3) is 5.91 Å². The van der Waals surface area contributed by atoms with Gasteiger partial charge in [0, 0.05) is 24.6 Å². The van der Waals surface area contributed by atoms with Gasteiger partial charge in [0.2, 0.25) is 0 Å². The number of likely N-dealkylation sites (tertiary alicyclic amines) is 1. The maximum absolute atomic E-state index is 12.9. The van der Waals surface area contributed by atoms with Gasteiger partial charge in [-0.3, -0.25) is 4.79 Å². The average molecular weight is 477 g/mol. The highest BCUT2D eigenvalue weighted by molar-refractivity contribution is 5.94. The van der Waals surface area contributed by atoms with E-state index in [-0.39, 0.29) is 17.7 Å². The molecular formula is C27H35F3N2O2. The second-order valence-corrected chi connectivity index (χ2v) is 8.98. The van der Waals surface area contributed by atoms with Crippen LogP contribution in [-0.2, 0) is 6.18 Å². The van der Waals surface area contributed by atoms with E-state index in [0.717, 1.165) is 44.6 Å². The number of amides is 1. The highest BCUT2D eigenvalue weighted by Crippen LogP contribution is 2.35. The van der Waals surface area contributed by atoms with Gasteiger partial charge in [-0.25, -0.2) is 0 Å². The van der Waals surface area contributed by atoms with Crippen LogP contribution in [0.5, 0.6) is 5.75 Å². The largest absolute Gasteiger partial charge is 0.493 e. The molecule has 1 N–H and O–H groups in total. The quantitative estimate of drug-likeness (QED) is 0.420. The third-order valence-corrected chi connectivity index (χ3v) is 6.48. The second-order valence-electron chi connectivity index (χ2n) is 8.98. The van der Waals surface area contributed by atoms with E-state index in [9.17, 15) is 18.0 Å². The highest BCUT2D eigenvalue weighted by Gasteiger charge is 2.32. The Kier molecular flexibility index (Phi) is 9.39. The van der Waals surface area contributed by atoms with Gasteiger partial charge in [-0.1, -0.05) is 31.9 Å². The van der Waals surface area contributed by atoms with Crippen LogP contribution < -0.4 is 10.1 Å². The number of hydrogen-bond acceptors (Lipinski definition) is 3. The Hall–Kier alpha value is -2.54. The number of piperidine rings is 1. The molecule has 1 fully saturated rings. The first-order valence-electron chi connectivity index (χ1n) is 12.2. The topological polar surface area (TPSA) is 41.6 Å². The molecule has 1 aliphatic heterocycles. The molecule has 0 spiro atoms. The lowest BCUT2D eigenvalue weighted by molar-refractivity contribution is -0.137. The van der Waals surface area contributed by atoms with Gasteiger partial charge in [0.05, 0.1) is 12.2 Å². The third kappa shape index (κ3) is 7.23. The zero-order valence-electron chi connectivity index (χ0n) is 20.0. The molecule has 0 bridgehead atoms. The van der Waals surface area contributed by atoms with Gasteiger partial charge in [-0.05, 0) is 80.7 Å². The highest BCUT2D eigenvalue weighted by atomic mass is 19.4. The fourth-order valence-electron chi connectivity index (χ4n) is 4.59. The van der Waals surface area contributed by atoms with Crippen LogP contribution in [0.4, 0.5) is 13.2 Å². The SMILES string of the molecule is CCCCCN1CC[C@H](c2ccc(C(=O)NCC)cc2)[C@@H](COc2ccc(C(F)(F)F)cc2)C1. The zero-order chi connectivity index (χ0) is 24.6. The number of hydrogen-bond donors (Lipinski definition) is 1. The van der Waals surface area contributed by atoms with Gasteiger partial charge in [0.15, 0.2) is 0 Å². The molecule has 7 heteroatoms. The molecule has 186 valence electrons. The molecule has 0 aliphatic carbocycles. The fourth-order valence-corrected chi connectivity index (χ4v) is 4.59. The van der Waals surface area contributed by atoms with Crippen molar-refractivity contribution in [2.24, 2.45) is 5.92 Å². The Morgan fingerprint density at radius 3 is 2.38 bits per heavy atom. The summed E-state index contributed by atoms with van der Waals surface area (Å²) in [5.74, 6) is 0.830. The van der Waals surface area contributed by atoms with E-state index in [2.05, 4.69) is 17.1 Å². The molecule has 0 radical (unpaired) electrons. The number of carbonyl (C=O) groups excluding carboxylic acids is 1. The number of nitrogens with one attached hydrogen (secondary N) is 1. The summed E-state index contributed by atoms with van der Waals surface area (Å²) >= 11 is 0. The van der Waals surface area contributed by atoms with Crippen molar-refractivity contribution in [3.05, 3.63) is 65.2 Å². The molecule has 4 nitrogen and oxygen atoms in total. The summed E-state index contributed by atoms with van der Waals surface area (Å²) in [5, 5.41) is 2.82. The number of ether oxygens (including phenoxy) is 1. The van der Waals surface area contributed by atoms with Crippen molar-refractivity contribution in [2.75, 3.05) is 32.8 Å². The standard InChI is InChI=1S/C27H35F3N2O2/c1-3-5-6-16-32-17-15-25(20-7-9-21(10-8-20)26(33)31-4-2)22(18-32)19-34-24-13-11-23(12-14-24)27(28,29)30/h7-14,22,25H,3-6,15-19H2,1-2H3,(H,31,33)/t22-,25-/m1/s1. The minimum absolute atomic E-state index is 0.0815. The van der Waals surface area contributed by atoms with Crippen LogP contribution in [-0.4, -0.2) is 43.6 Å². The van der Waals surface area contributed by atoms with Crippen molar-refractivity contribution in [3.63, 3.8) is 0 Å². The van der Waals surface area contributed by atoms with E-state index in [1.54, 1.807) is 0 Å². The Morgan fingerprint density at radius 1 is 1.06 bits per heavy atom. The molecule has 1 heterocycles. The maximum Gasteiger partial charge on any atom is 0.416 e. The van der Waals surface area contributed by atoms with Crippen molar-refractivity contribution in [1.29, 1.82) is 0 Å². The minimum Gasteiger partial charge on any atom is -0.493 e. The molecule has 34 heavy (non-hydrogen) atoms. The number of halogens is 3. The number of nitrogens with zero attached hydrogens (tertiary/aromatic N) is 1. The molecule has 1 saturated heterocycles. The van der Waals surface area contributed by atoms with Crippen LogP contribution in [0.15, 0.2) is 48.5 Å². The fraction of sp³-hybridized carbons (Fsp3) is 0.519. The summed E-state index contributed by atoms with van der Waals surface area (Å²) in [5.41, 5.74) is 1.13. The van der Waals surface area contributed by atoms with Crippen molar-refractivity contribution in [2.45, 2.75) is 51.6 Å². The Labute approximate surface area is 200 Å². The first-order chi connectivity index (χ1) is 16.3. The van der Waals surface area contributed by atoms with Crippen molar-refractivity contribution >= 4 is 5.91 Å². The van der Waals surface area contributed by atoms with Crippen LogP contribution in [0.3, 0.4) is 0 Å². The molecule has 2 aromatic rings. The summed E-state index contributed by atoms with van der Waals surface area (Å²) in [4.78, 5) is 14.6. The van der Waals surface area contributed by atoms with Gasteiger partial charge < -0.3 is 15.0 Å². The zero-order valence-corrected chi connectivity index (χ0v) is 20.0. The van der Waals surface area contributed by atoms with Gasteiger partial charge in [-0.15, -0.1) is 0 Å². The van der Waals surface area contributed by atoms with E-state index in [1.807, 2.05) is 31.2 Å². The van der Waals surface area contributed by atoms with E-state index >= 15 is 0 Å². The van der Waals surface area contributed by atoms with E-state index < -0.39 is 11.7 Å². The lowest BCUT2D eigenvalue weighted by atomic mass is 9.80. The van der Waals surface area contributed by atoms with Crippen LogP contribution >= 0.6 is 0 Å².